The standard InChI is InChI=1S/C26H27N5O5S.Cu/c1-6-15(7-2)31-22(32)19-17(27-28-21-24(34)29(4)26(36)30(5)25(21)35)12-13-18(20(19)23(31)33)37-16-10-8-14(3)9-11-16;/h8-13,15,34H,6-7H2,1-5H3;/q;+2. The third-order valence-corrected chi connectivity index (χ3v) is 7.50. The van der Waals surface area contributed by atoms with Crippen LogP contribution in [-0.4, -0.2) is 37.0 Å². The molecule has 2 heterocycles. The number of benzene rings is 2. The molecule has 10 nitrogen and oxygen atoms in total. The summed E-state index contributed by atoms with van der Waals surface area (Å²) in [6.45, 7) is 5.81. The number of nitrogens with zero attached hydrogens (tertiary/aromatic N) is 5. The molecular weight excluding hydrogens is 558 g/mol. The van der Waals surface area contributed by atoms with Gasteiger partial charge in [-0.1, -0.05) is 43.3 Å². The Labute approximate surface area is 233 Å². The molecule has 0 fully saturated rings. The number of carbonyl (C=O) groups is 2. The molecule has 2 aromatic carbocycles. The number of aromatic nitrogens is 2. The molecule has 1 aliphatic rings. The molecule has 0 unspecified atom stereocenters. The van der Waals surface area contributed by atoms with Gasteiger partial charge in [0.15, 0.2) is 0 Å². The van der Waals surface area contributed by atoms with Crippen molar-refractivity contribution >= 4 is 35.0 Å². The first-order valence-corrected chi connectivity index (χ1v) is 12.6. The van der Waals surface area contributed by atoms with Crippen LogP contribution in [0.4, 0.5) is 11.4 Å². The van der Waals surface area contributed by atoms with Crippen LogP contribution in [0, 0.1) is 6.92 Å². The summed E-state index contributed by atoms with van der Waals surface area (Å²) in [5.41, 5.74) is -0.495. The van der Waals surface area contributed by atoms with Crippen molar-refractivity contribution in [2.24, 2.45) is 24.3 Å². The van der Waals surface area contributed by atoms with Gasteiger partial charge in [-0.2, -0.15) is 0 Å². The molecule has 1 N–H and O–H groups in total. The number of aromatic hydroxyl groups is 1. The second kappa shape index (κ2) is 11.5. The van der Waals surface area contributed by atoms with E-state index in [-0.39, 0.29) is 39.9 Å². The van der Waals surface area contributed by atoms with Gasteiger partial charge in [0.05, 0.1) is 16.8 Å². The minimum Gasteiger partial charge on any atom is -0.493 e. The molecule has 1 aromatic heterocycles. The third-order valence-electron chi connectivity index (χ3n) is 6.44. The first kappa shape index (κ1) is 29.1. The van der Waals surface area contributed by atoms with Crippen LogP contribution in [0.5, 0.6) is 5.88 Å². The van der Waals surface area contributed by atoms with Crippen molar-refractivity contribution in [1.29, 1.82) is 0 Å². The van der Waals surface area contributed by atoms with E-state index in [0.29, 0.717) is 17.7 Å². The van der Waals surface area contributed by atoms with E-state index in [1.54, 1.807) is 12.1 Å². The van der Waals surface area contributed by atoms with Crippen LogP contribution in [0.1, 0.15) is 53.0 Å². The van der Waals surface area contributed by atoms with Crippen LogP contribution in [0.3, 0.4) is 0 Å². The molecule has 0 saturated heterocycles. The second-order valence-electron chi connectivity index (χ2n) is 8.78. The van der Waals surface area contributed by atoms with Gasteiger partial charge in [0.2, 0.25) is 11.6 Å². The number of amides is 2. The molecule has 38 heavy (non-hydrogen) atoms. The predicted molar refractivity (Wildman–Crippen MR) is 139 cm³/mol. The fourth-order valence-corrected chi connectivity index (χ4v) is 5.18. The van der Waals surface area contributed by atoms with Crippen LogP contribution < -0.4 is 11.2 Å². The van der Waals surface area contributed by atoms with Crippen molar-refractivity contribution in [3.05, 3.63) is 73.9 Å². The maximum Gasteiger partial charge on any atom is 2.00 e. The molecule has 1 radical (unpaired) electrons. The molecule has 201 valence electrons. The first-order chi connectivity index (χ1) is 17.6. The summed E-state index contributed by atoms with van der Waals surface area (Å²) in [6, 6.07) is 10.8. The average Bonchev–Trinajstić information content (AvgIpc) is 3.15. The van der Waals surface area contributed by atoms with Crippen LogP contribution in [0.25, 0.3) is 0 Å². The quantitative estimate of drug-likeness (QED) is 0.248. The summed E-state index contributed by atoms with van der Waals surface area (Å²) in [6.07, 6.45) is 1.20. The number of imide groups is 1. The van der Waals surface area contributed by atoms with E-state index < -0.39 is 34.6 Å². The van der Waals surface area contributed by atoms with Crippen molar-refractivity contribution in [3.63, 3.8) is 0 Å². The number of rotatable bonds is 7. The van der Waals surface area contributed by atoms with Crippen molar-refractivity contribution < 1.29 is 31.8 Å². The van der Waals surface area contributed by atoms with Crippen LogP contribution in [0.2, 0.25) is 0 Å². The normalized spacial score (nSPS) is 12.9. The number of hydrogen-bond acceptors (Lipinski definition) is 8. The number of carbonyl (C=O) groups excluding carboxylic acids is 2. The molecule has 0 bridgehead atoms. The largest absolute Gasteiger partial charge is 2.00 e. The van der Waals surface area contributed by atoms with E-state index in [1.807, 2.05) is 45.0 Å². The van der Waals surface area contributed by atoms with Crippen LogP contribution >= 0.6 is 11.8 Å². The molecule has 4 rings (SSSR count). The number of fused-ring (bicyclic) bond motifs is 1. The Morgan fingerprint density at radius 3 is 2.08 bits per heavy atom. The predicted octanol–water partition coefficient (Wildman–Crippen LogP) is 4.45. The average molecular weight is 585 g/mol. The Hall–Kier alpha value is -3.47. The molecule has 0 spiro atoms. The minimum atomic E-state index is -0.839. The van der Waals surface area contributed by atoms with Gasteiger partial charge in [-0.05, 0) is 44.0 Å². The van der Waals surface area contributed by atoms with Crippen molar-refractivity contribution in [3.8, 4) is 5.88 Å². The van der Waals surface area contributed by atoms with Crippen molar-refractivity contribution in [2.45, 2.75) is 49.4 Å². The Kier molecular flexibility index (Phi) is 8.81. The van der Waals surface area contributed by atoms with Gasteiger partial charge in [-0.3, -0.25) is 28.4 Å². The topological polar surface area (TPSA) is 126 Å². The molecule has 0 saturated carbocycles. The maximum atomic E-state index is 13.6. The Morgan fingerprint density at radius 2 is 1.47 bits per heavy atom. The monoisotopic (exact) mass is 584 g/mol. The van der Waals surface area contributed by atoms with E-state index in [0.717, 1.165) is 19.6 Å². The van der Waals surface area contributed by atoms with Gasteiger partial charge in [0, 0.05) is 29.9 Å². The molecule has 0 atom stereocenters. The summed E-state index contributed by atoms with van der Waals surface area (Å²) in [7, 11) is 2.55. The van der Waals surface area contributed by atoms with Crippen LogP contribution in [0.15, 0.2) is 66.0 Å². The molecule has 1 aliphatic heterocycles. The fraction of sp³-hybridized carbons (Fsp3) is 0.308. The summed E-state index contributed by atoms with van der Waals surface area (Å²) < 4.78 is 1.66. The second-order valence-corrected chi connectivity index (χ2v) is 9.89. The zero-order chi connectivity index (χ0) is 27.0. The number of azo groups is 1. The Balaban J connectivity index is 0.00000400. The summed E-state index contributed by atoms with van der Waals surface area (Å²) in [5.74, 6) is -1.53. The van der Waals surface area contributed by atoms with E-state index in [2.05, 4.69) is 10.2 Å². The first-order valence-electron chi connectivity index (χ1n) is 11.8. The van der Waals surface area contributed by atoms with Gasteiger partial charge in [-0.15, -0.1) is 10.2 Å². The smallest absolute Gasteiger partial charge is 0.493 e. The Bertz CT molecular complexity index is 1560. The molecule has 12 heteroatoms. The van der Waals surface area contributed by atoms with Crippen molar-refractivity contribution in [1.82, 2.24) is 14.0 Å². The van der Waals surface area contributed by atoms with Crippen LogP contribution in [-0.2, 0) is 31.2 Å². The van der Waals surface area contributed by atoms with E-state index in [1.165, 1.54) is 30.8 Å². The summed E-state index contributed by atoms with van der Waals surface area (Å²) >= 11 is 1.37. The van der Waals surface area contributed by atoms with Gasteiger partial charge in [-0.25, -0.2) is 4.79 Å². The van der Waals surface area contributed by atoms with E-state index in [9.17, 15) is 24.3 Å². The zero-order valence-corrected chi connectivity index (χ0v) is 23.2. The third kappa shape index (κ3) is 4.99. The molecule has 0 aliphatic carbocycles. The Morgan fingerprint density at radius 1 is 0.868 bits per heavy atom. The van der Waals surface area contributed by atoms with E-state index in [4.69, 9.17) is 0 Å². The molecule has 3 aromatic rings. The summed E-state index contributed by atoms with van der Waals surface area (Å²) in [5, 5.41) is 18.3. The van der Waals surface area contributed by atoms with Gasteiger partial charge in [0.25, 0.3) is 17.4 Å². The van der Waals surface area contributed by atoms with E-state index >= 15 is 0 Å². The molecule has 2 amide bonds. The fourth-order valence-electron chi connectivity index (χ4n) is 4.23. The SMILES string of the molecule is CCC(CC)N1C(=O)c2c(N=Nc3c(O)n(C)c(=O)n(C)c3=O)ccc(Sc3ccc(C)cc3)c2C1=O.[Cu+2]. The van der Waals surface area contributed by atoms with Gasteiger partial charge in [0.1, 0.15) is 0 Å². The minimum absolute atomic E-state index is 0. The molecular formula is C26H27CuN5O5S+2. The summed E-state index contributed by atoms with van der Waals surface area (Å²) in [4.78, 5) is 54.5. The van der Waals surface area contributed by atoms with Gasteiger partial charge >= 0.3 is 22.8 Å². The number of aryl methyl sites for hydroxylation is 1. The zero-order valence-electron chi connectivity index (χ0n) is 21.5. The van der Waals surface area contributed by atoms with Crippen molar-refractivity contribution in [2.75, 3.05) is 0 Å². The van der Waals surface area contributed by atoms with Gasteiger partial charge < -0.3 is 5.11 Å². The maximum absolute atomic E-state index is 13.6. The number of hydrogen-bond donors (Lipinski definition) is 1.